The van der Waals surface area contributed by atoms with Gasteiger partial charge in [0.2, 0.25) is 0 Å². The van der Waals surface area contributed by atoms with Gasteiger partial charge in [-0.25, -0.2) is 0 Å². The average molecular weight is 234 g/mol. The summed E-state index contributed by atoms with van der Waals surface area (Å²) in [6.07, 6.45) is 5.94. The number of hydrogen-bond acceptors (Lipinski definition) is 2. The molecule has 1 nitrogen and oxygen atoms in total. The maximum absolute atomic E-state index is 11.1. The molecule has 1 atom stereocenters. The predicted octanol–water partition coefficient (Wildman–Crippen LogP) is 3.95. The van der Waals surface area contributed by atoms with Gasteiger partial charge in [0.15, 0.2) is 0 Å². The van der Waals surface area contributed by atoms with Crippen molar-refractivity contribution in [1.82, 2.24) is 0 Å². The van der Waals surface area contributed by atoms with Crippen LogP contribution in [0.15, 0.2) is 47.4 Å². The van der Waals surface area contributed by atoms with E-state index in [4.69, 9.17) is 0 Å². The molecule has 1 aromatic carbocycles. The fraction of sp³-hybridized carbons (Fsp3) is 0.357. The first-order chi connectivity index (χ1) is 7.70. The Labute approximate surface area is 102 Å². The molecule has 0 bridgehead atoms. The summed E-state index contributed by atoms with van der Waals surface area (Å²) in [5.74, 6) is 0.824. The summed E-state index contributed by atoms with van der Waals surface area (Å²) in [6.45, 7) is 3.99. The quantitative estimate of drug-likeness (QED) is 0.421. The van der Waals surface area contributed by atoms with E-state index in [-0.39, 0.29) is 5.41 Å². The zero-order valence-electron chi connectivity index (χ0n) is 9.85. The third kappa shape index (κ3) is 4.23. The molecule has 0 radical (unpaired) electrons. The molecule has 2 heteroatoms. The number of hydrogen-bond donors (Lipinski definition) is 0. The average Bonchev–Trinajstić information content (AvgIpc) is 2.35. The summed E-state index contributed by atoms with van der Waals surface area (Å²) in [4.78, 5) is 12.3. The number of rotatable bonds is 6. The predicted molar refractivity (Wildman–Crippen MR) is 70.8 cm³/mol. The number of allylic oxidation sites excluding steroid dienone is 2. The standard InChI is InChI=1S/C14H18OS/c1-3-4-10-14(2,11-15)12-16-13-8-6-5-7-9-13/h3-9,11H,10,12H2,1-2H3. The van der Waals surface area contributed by atoms with Crippen molar-refractivity contribution in [3.63, 3.8) is 0 Å². The largest absolute Gasteiger partial charge is 0.303 e. The van der Waals surface area contributed by atoms with E-state index in [1.165, 1.54) is 4.90 Å². The van der Waals surface area contributed by atoms with Crippen molar-refractivity contribution in [2.24, 2.45) is 5.41 Å². The van der Waals surface area contributed by atoms with E-state index in [0.29, 0.717) is 0 Å². The topological polar surface area (TPSA) is 17.1 Å². The summed E-state index contributed by atoms with van der Waals surface area (Å²) >= 11 is 1.74. The molecule has 0 aromatic heterocycles. The second-order valence-electron chi connectivity index (χ2n) is 4.15. The SMILES string of the molecule is CC=CCC(C)(C=O)CSc1ccccc1. The number of carbonyl (C=O) groups is 1. The Hall–Kier alpha value is -1.02. The molecule has 0 N–H and O–H groups in total. The van der Waals surface area contributed by atoms with Crippen molar-refractivity contribution in [2.75, 3.05) is 5.75 Å². The van der Waals surface area contributed by atoms with E-state index in [0.717, 1.165) is 18.5 Å². The van der Waals surface area contributed by atoms with Gasteiger partial charge in [-0.3, -0.25) is 0 Å². The highest BCUT2D eigenvalue weighted by Crippen LogP contribution is 2.29. The molecule has 0 aliphatic heterocycles. The Kier molecular flexibility index (Phi) is 5.33. The van der Waals surface area contributed by atoms with E-state index in [2.05, 4.69) is 18.2 Å². The molecule has 0 aliphatic rings. The third-order valence-electron chi connectivity index (χ3n) is 2.42. The van der Waals surface area contributed by atoms with Crippen LogP contribution in [0.2, 0.25) is 0 Å². The Bertz CT molecular complexity index is 345. The molecule has 16 heavy (non-hydrogen) atoms. The second-order valence-corrected chi connectivity index (χ2v) is 5.20. The van der Waals surface area contributed by atoms with Crippen LogP contribution < -0.4 is 0 Å². The number of thioether (sulfide) groups is 1. The van der Waals surface area contributed by atoms with Crippen LogP contribution in [0.5, 0.6) is 0 Å². The molecule has 0 aliphatic carbocycles. The van der Waals surface area contributed by atoms with E-state index in [1.54, 1.807) is 11.8 Å². The minimum Gasteiger partial charge on any atom is -0.303 e. The zero-order valence-corrected chi connectivity index (χ0v) is 10.7. The molecular formula is C14H18OS. The molecule has 0 fully saturated rings. The van der Waals surface area contributed by atoms with Gasteiger partial charge in [0.05, 0.1) is 0 Å². The van der Waals surface area contributed by atoms with Crippen molar-refractivity contribution < 1.29 is 4.79 Å². The van der Waals surface area contributed by atoms with E-state index < -0.39 is 0 Å². The molecule has 86 valence electrons. The van der Waals surface area contributed by atoms with E-state index >= 15 is 0 Å². The van der Waals surface area contributed by atoms with Crippen molar-refractivity contribution >= 4 is 18.0 Å². The lowest BCUT2D eigenvalue weighted by Crippen LogP contribution is -2.20. The van der Waals surface area contributed by atoms with Gasteiger partial charge in [0, 0.05) is 16.1 Å². The van der Waals surface area contributed by atoms with Crippen LogP contribution >= 0.6 is 11.8 Å². The second kappa shape index (κ2) is 6.54. The summed E-state index contributed by atoms with van der Waals surface area (Å²) in [6, 6.07) is 10.2. The lowest BCUT2D eigenvalue weighted by molar-refractivity contribution is -0.114. The number of aldehydes is 1. The summed E-state index contributed by atoms with van der Waals surface area (Å²) < 4.78 is 0. The highest BCUT2D eigenvalue weighted by molar-refractivity contribution is 7.99. The first kappa shape index (κ1) is 13.0. The third-order valence-corrected chi connectivity index (χ3v) is 3.83. The Morgan fingerprint density at radius 3 is 2.56 bits per heavy atom. The molecule has 0 saturated carbocycles. The van der Waals surface area contributed by atoms with Gasteiger partial charge >= 0.3 is 0 Å². The van der Waals surface area contributed by atoms with Gasteiger partial charge in [-0.05, 0) is 25.5 Å². The van der Waals surface area contributed by atoms with Crippen molar-refractivity contribution in [3.05, 3.63) is 42.5 Å². The van der Waals surface area contributed by atoms with Gasteiger partial charge in [0.25, 0.3) is 0 Å². The first-order valence-electron chi connectivity index (χ1n) is 5.45. The lowest BCUT2D eigenvalue weighted by Gasteiger charge is -2.20. The first-order valence-corrected chi connectivity index (χ1v) is 6.44. The normalized spacial score (nSPS) is 14.9. The van der Waals surface area contributed by atoms with Gasteiger partial charge < -0.3 is 4.79 Å². The molecule has 0 saturated heterocycles. The molecule has 0 heterocycles. The number of carbonyl (C=O) groups excluding carboxylic acids is 1. The summed E-state index contributed by atoms with van der Waals surface area (Å²) in [7, 11) is 0. The molecule has 0 spiro atoms. The maximum atomic E-state index is 11.1. The minimum absolute atomic E-state index is 0.257. The molecule has 1 aromatic rings. The van der Waals surface area contributed by atoms with E-state index in [9.17, 15) is 4.79 Å². The van der Waals surface area contributed by atoms with Gasteiger partial charge in [-0.1, -0.05) is 37.3 Å². The molecule has 1 rings (SSSR count). The maximum Gasteiger partial charge on any atom is 0.127 e. The van der Waals surface area contributed by atoms with Crippen molar-refractivity contribution in [2.45, 2.75) is 25.2 Å². The summed E-state index contributed by atoms with van der Waals surface area (Å²) in [5.41, 5.74) is -0.257. The molecule has 1 unspecified atom stereocenters. The van der Waals surface area contributed by atoms with Crippen LogP contribution in [0.4, 0.5) is 0 Å². The van der Waals surface area contributed by atoms with Crippen LogP contribution in [0, 0.1) is 5.41 Å². The van der Waals surface area contributed by atoms with Crippen molar-refractivity contribution in [3.8, 4) is 0 Å². The monoisotopic (exact) mass is 234 g/mol. The molecule has 0 amide bonds. The van der Waals surface area contributed by atoms with Crippen LogP contribution in [0.3, 0.4) is 0 Å². The Morgan fingerprint density at radius 2 is 2.00 bits per heavy atom. The van der Waals surface area contributed by atoms with Crippen LogP contribution in [-0.4, -0.2) is 12.0 Å². The molecular weight excluding hydrogens is 216 g/mol. The number of benzene rings is 1. The highest BCUT2D eigenvalue weighted by atomic mass is 32.2. The summed E-state index contributed by atoms with van der Waals surface area (Å²) in [5, 5.41) is 0. The van der Waals surface area contributed by atoms with Gasteiger partial charge in [-0.15, -0.1) is 11.8 Å². The smallest absolute Gasteiger partial charge is 0.127 e. The lowest BCUT2D eigenvalue weighted by atomic mass is 9.91. The highest BCUT2D eigenvalue weighted by Gasteiger charge is 2.22. The van der Waals surface area contributed by atoms with Gasteiger partial charge in [0.1, 0.15) is 6.29 Å². The fourth-order valence-corrected chi connectivity index (χ4v) is 2.32. The van der Waals surface area contributed by atoms with Gasteiger partial charge in [-0.2, -0.15) is 0 Å². The van der Waals surface area contributed by atoms with Crippen LogP contribution in [-0.2, 0) is 4.79 Å². The van der Waals surface area contributed by atoms with Crippen LogP contribution in [0.1, 0.15) is 20.3 Å². The fourth-order valence-electron chi connectivity index (χ4n) is 1.29. The Balaban J connectivity index is 2.54. The van der Waals surface area contributed by atoms with Crippen molar-refractivity contribution in [1.29, 1.82) is 0 Å². The zero-order chi connectivity index (χ0) is 11.9. The minimum atomic E-state index is -0.257. The Morgan fingerprint density at radius 1 is 1.31 bits per heavy atom. The van der Waals surface area contributed by atoms with Crippen LogP contribution in [0.25, 0.3) is 0 Å². The van der Waals surface area contributed by atoms with E-state index in [1.807, 2.05) is 38.1 Å².